The monoisotopic (exact) mass is 597 g/mol. The summed E-state index contributed by atoms with van der Waals surface area (Å²) in [6.07, 6.45) is 3.35. The van der Waals surface area contributed by atoms with Crippen molar-refractivity contribution in [1.82, 2.24) is 10.2 Å². The van der Waals surface area contributed by atoms with Gasteiger partial charge in [-0.05, 0) is 48.2 Å². The molecule has 0 saturated carbocycles. The quantitative estimate of drug-likeness (QED) is 0.236. The fourth-order valence-corrected chi connectivity index (χ4v) is 5.57. The molecule has 0 spiro atoms. The average molecular weight is 598 g/mol. The fraction of sp³-hybridized carbons (Fsp3) is 0.375. The lowest BCUT2D eigenvalue weighted by molar-refractivity contribution is -0.141. The number of ether oxygens (including phenoxy) is 1. The van der Waals surface area contributed by atoms with Crippen molar-refractivity contribution >= 4 is 27.5 Å². The van der Waals surface area contributed by atoms with Crippen LogP contribution in [0.15, 0.2) is 78.9 Å². The van der Waals surface area contributed by atoms with Crippen LogP contribution in [0.5, 0.6) is 5.75 Å². The van der Waals surface area contributed by atoms with E-state index in [0.29, 0.717) is 30.0 Å². The zero-order chi connectivity index (χ0) is 30.5. The zero-order valence-corrected chi connectivity index (χ0v) is 25.3. The highest BCUT2D eigenvalue weighted by Gasteiger charge is 2.30. The first-order chi connectivity index (χ1) is 20.1. The third-order valence-electron chi connectivity index (χ3n) is 6.86. The standard InChI is InChI=1S/C32H40FN3O5S/c1-4-5-20-34-32(38)30(22-25-11-7-6-8-12-25)35(24-26-16-18-27(33)19-17-26)31(37)15-10-21-36(42(3,39)40)28-13-9-14-29(23-28)41-2/h6-9,11-14,16-19,23,30H,4-5,10,15,20-22,24H2,1-3H3,(H,34,38)/t30-/m0/s1. The van der Waals surface area contributed by atoms with E-state index in [-0.39, 0.29) is 37.7 Å². The van der Waals surface area contributed by atoms with Crippen LogP contribution in [0.3, 0.4) is 0 Å². The highest BCUT2D eigenvalue weighted by molar-refractivity contribution is 7.92. The molecule has 3 aromatic rings. The van der Waals surface area contributed by atoms with Crippen LogP contribution in [0.1, 0.15) is 43.7 Å². The number of unbranched alkanes of at least 4 members (excludes halogenated alkanes) is 1. The maximum atomic E-state index is 13.8. The van der Waals surface area contributed by atoms with Crippen molar-refractivity contribution in [2.75, 3.05) is 30.8 Å². The normalized spacial score (nSPS) is 11.9. The molecule has 0 aromatic heterocycles. The topological polar surface area (TPSA) is 96.0 Å². The van der Waals surface area contributed by atoms with E-state index in [0.717, 1.165) is 24.7 Å². The average Bonchev–Trinajstić information content (AvgIpc) is 2.98. The molecule has 3 aromatic carbocycles. The summed E-state index contributed by atoms with van der Waals surface area (Å²) in [5, 5.41) is 2.97. The molecule has 0 aliphatic rings. The molecule has 0 heterocycles. The summed E-state index contributed by atoms with van der Waals surface area (Å²) >= 11 is 0. The Labute approximate surface area is 248 Å². The minimum Gasteiger partial charge on any atom is -0.497 e. The van der Waals surface area contributed by atoms with Gasteiger partial charge in [-0.15, -0.1) is 0 Å². The SMILES string of the molecule is CCCCNC(=O)[C@H](Cc1ccccc1)N(Cc1ccc(F)cc1)C(=O)CCCN(c1cccc(OC)c1)S(C)(=O)=O. The van der Waals surface area contributed by atoms with Crippen molar-refractivity contribution in [3.63, 3.8) is 0 Å². The van der Waals surface area contributed by atoms with Crippen LogP contribution in [-0.4, -0.2) is 57.6 Å². The predicted octanol–water partition coefficient (Wildman–Crippen LogP) is 4.94. The molecule has 0 aliphatic heterocycles. The maximum absolute atomic E-state index is 13.8. The van der Waals surface area contributed by atoms with E-state index in [1.165, 1.54) is 28.4 Å². The predicted molar refractivity (Wildman–Crippen MR) is 163 cm³/mol. The molecular formula is C32H40FN3O5S. The number of benzene rings is 3. The minimum atomic E-state index is -3.64. The molecule has 0 unspecified atom stereocenters. The summed E-state index contributed by atoms with van der Waals surface area (Å²) in [5.41, 5.74) is 2.01. The van der Waals surface area contributed by atoms with Gasteiger partial charge in [0.25, 0.3) is 0 Å². The van der Waals surface area contributed by atoms with Crippen molar-refractivity contribution < 1.29 is 27.1 Å². The summed E-state index contributed by atoms with van der Waals surface area (Å²) in [5.74, 6) is -0.449. The second-order valence-electron chi connectivity index (χ2n) is 10.1. The molecule has 10 heteroatoms. The van der Waals surface area contributed by atoms with Crippen molar-refractivity contribution in [1.29, 1.82) is 0 Å². The molecule has 0 fully saturated rings. The Morgan fingerprint density at radius 3 is 2.31 bits per heavy atom. The molecule has 0 bridgehead atoms. The van der Waals surface area contributed by atoms with Crippen LogP contribution in [0.25, 0.3) is 0 Å². The lowest BCUT2D eigenvalue weighted by Crippen LogP contribution is -2.50. The molecule has 2 amide bonds. The number of carbonyl (C=O) groups is 2. The first-order valence-electron chi connectivity index (χ1n) is 14.1. The second kappa shape index (κ2) is 15.9. The Hall–Kier alpha value is -3.92. The molecule has 0 radical (unpaired) electrons. The number of rotatable bonds is 16. The number of carbonyl (C=O) groups excluding carboxylic acids is 2. The molecule has 0 aliphatic carbocycles. The van der Waals surface area contributed by atoms with E-state index < -0.39 is 21.9 Å². The van der Waals surface area contributed by atoms with Crippen molar-refractivity contribution in [3.8, 4) is 5.75 Å². The summed E-state index contributed by atoms with van der Waals surface area (Å²) in [6, 6.07) is 21.2. The molecule has 1 atom stereocenters. The van der Waals surface area contributed by atoms with Gasteiger partial charge in [-0.2, -0.15) is 0 Å². The first kappa shape index (κ1) is 32.6. The Morgan fingerprint density at radius 1 is 0.952 bits per heavy atom. The summed E-state index contributed by atoms with van der Waals surface area (Å²) < 4.78 is 45.4. The van der Waals surface area contributed by atoms with Crippen molar-refractivity contribution in [2.45, 2.75) is 51.6 Å². The van der Waals surface area contributed by atoms with Crippen LogP contribution in [-0.2, 0) is 32.6 Å². The number of sulfonamides is 1. The van der Waals surface area contributed by atoms with Crippen LogP contribution in [0.2, 0.25) is 0 Å². The highest BCUT2D eigenvalue weighted by atomic mass is 32.2. The van der Waals surface area contributed by atoms with E-state index in [9.17, 15) is 22.4 Å². The molecule has 42 heavy (non-hydrogen) atoms. The van der Waals surface area contributed by atoms with Crippen LogP contribution in [0, 0.1) is 5.82 Å². The maximum Gasteiger partial charge on any atom is 0.243 e. The fourth-order valence-electron chi connectivity index (χ4n) is 4.62. The summed E-state index contributed by atoms with van der Waals surface area (Å²) in [7, 11) is -2.14. The van der Waals surface area contributed by atoms with Crippen LogP contribution >= 0.6 is 0 Å². The van der Waals surface area contributed by atoms with Gasteiger partial charge in [-0.1, -0.05) is 61.9 Å². The molecule has 0 saturated heterocycles. The van der Waals surface area contributed by atoms with E-state index >= 15 is 0 Å². The van der Waals surface area contributed by atoms with Gasteiger partial charge in [-0.3, -0.25) is 13.9 Å². The van der Waals surface area contributed by atoms with Crippen LogP contribution < -0.4 is 14.4 Å². The Morgan fingerprint density at radius 2 is 1.67 bits per heavy atom. The number of nitrogens with zero attached hydrogens (tertiary/aromatic N) is 2. The number of halogens is 1. The Kier molecular flexibility index (Phi) is 12.3. The number of amides is 2. The molecule has 8 nitrogen and oxygen atoms in total. The number of hydrogen-bond acceptors (Lipinski definition) is 5. The van der Waals surface area contributed by atoms with Gasteiger partial charge in [0.1, 0.15) is 17.6 Å². The molecule has 3 rings (SSSR count). The zero-order valence-electron chi connectivity index (χ0n) is 24.5. The van der Waals surface area contributed by atoms with Gasteiger partial charge >= 0.3 is 0 Å². The molecule has 1 N–H and O–H groups in total. The van der Waals surface area contributed by atoms with Gasteiger partial charge in [0.05, 0.1) is 19.1 Å². The van der Waals surface area contributed by atoms with E-state index in [4.69, 9.17) is 4.74 Å². The lowest BCUT2D eigenvalue weighted by Gasteiger charge is -2.32. The smallest absolute Gasteiger partial charge is 0.243 e. The first-order valence-corrected chi connectivity index (χ1v) is 15.9. The minimum absolute atomic E-state index is 0.00468. The summed E-state index contributed by atoms with van der Waals surface area (Å²) in [6.45, 7) is 2.68. The second-order valence-corrected chi connectivity index (χ2v) is 12.0. The van der Waals surface area contributed by atoms with Crippen LogP contribution in [0.4, 0.5) is 10.1 Å². The molecule has 226 valence electrons. The number of hydrogen-bond donors (Lipinski definition) is 1. The summed E-state index contributed by atoms with van der Waals surface area (Å²) in [4.78, 5) is 28.9. The number of anilines is 1. The van der Waals surface area contributed by atoms with E-state index in [1.54, 1.807) is 36.4 Å². The molecular weight excluding hydrogens is 557 g/mol. The number of methoxy groups -OCH3 is 1. The lowest BCUT2D eigenvalue weighted by atomic mass is 10.0. The third kappa shape index (κ3) is 9.87. The van der Waals surface area contributed by atoms with Gasteiger partial charge in [0.2, 0.25) is 21.8 Å². The van der Waals surface area contributed by atoms with E-state index in [2.05, 4.69) is 5.32 Å². The highest BCUT2D eigenvalue weighted by Crippen LogP contribution is 2.24. The van der Waals surface area contributed by atoms with Gasteiger partial charge in [-0.25, -0.2) is 12.8 Å². The Balaban J connectivity index is 1.86. The van der Waals surface area contributed by atoms with Crippen molar-refractivity contribution in [3.05, 3.63) is 95.8 Å². The van der Waals surface area contributed by atoms with E-state index in [1.807, 2.05) is 37.3 Å². The van der Waals surface area contributed by atoms with Gasteiger partial charge in [0.15, 0.2) is 0 Å². The van der Waals surface area contributed by atoms with Gasteiger partial charge < -0.3 is 15.0 Å². The van der Waals surface area contributed by atoms with Gasteiger partial charge in [0, 0.05) is 38.5 Å². The Bertz CT molecular complexity index is 1400. The third-order valence-corrected chi connectivity index (χ3v) is 8.05. The largest absolute Gasteiger partial charge is 0.497 e. The van der Waals surface area contributed by atoms with Crippen molar-refractivity contribution in [2.24, 2.45) is 0 Å². The number of nitrogens with one attached hydrogen (secondary N) is 1.